The maximum Gasteiger partial charge on any atom is 0.413 e. The third-order valence-corrected chi connectivity index (χ3v) is 7.51. The normalized spacial score (nSPS) is 18.4. The molecule has 0 spiro atoms. The number of carbonyl (C=O) groups is 3. The molecule has 2 unspecified atom stereocenters. The number of halogens is 1. The molecule has 1 fully saturated rings. The molecule has 214 valence electrons. The Hall–Kier alpha value is -3.87. The molecule has 3 aromatic rings. The van der Waals surface area contributed by atoms with Crippen molar-refractivity contribution in [3.8, 4) is 5.75 Å². The minimum Gasteiger partial charge on any atom is -0.492 e. The van der Waals surface area contributed by atoms with Crippen LogP contribution in [0.5, 0.6) is 5.75 Å². The number of nitrogens with one attached hydrogen (secondary N) is 2. The minimum atomic E-state index is -0.619. The zero-order valence-corrected chi connectivity index (χ0v) is 22.8. The summed E-state index contributed by atoms with van der Waals surface area (Å²) in [4.78, 5) is 45.5. The maximum absolute atomic E-state index is 13.3. The van der Waals surface area contributed by atoms with Gasteiger partial charge in [0.15, 0.2) is 0 Å². The summed E-state index contributed by atoms with van der Waals surface area (Å²) >= 11 is 6.29. The zero-order chi connectivity index (χ0) is 27.5. The SMILES string of the molecule is COC(=O)Nc1nc2ccc(C3CC(OC(=O)c4cc(Cl)c(N)c5c4OCC5)CCN3CCCC=O)cc2[nH]1.O. The van der Waals surface area contributed by atoms with Crippen molar-refractivity contribution in [2.24, 2.45) is 0 Å². The number of nitrogens with zero attached hydrogens (tertiary/aromatic N) is 2. The lowest BCUT2D eigenvalue weighted by Gasteiger charge is -2.39. The van der Waals surface area contributed by atoms with E-state index in [2.05, 4.69) is 24.9 Å². The molecule has 1 aromatic heterocycles. The van der Waals surface area contributed by atoms with Crippen molar-refractivity contribution in [3.05, 3.63) is 46.0 Å². The number of hydrogen-bond acceptors (Lipinski definition) is 9. The molecule has 0 saturated carbocycles. The summed E-state index contributed by atoms with van der Waals surface area (Å²) in [6, 6.07) is 7.28. The second kappa shape index (κ2) is 12.5. The lowest BCUT2D eigenvalue weighted by molar-refractivity contribution is -0.108. The first kappa shape index (κ1) is 29.1. The van der Waals surface area contributed by atoms with Crippen molar-refractivity contribution < 1.29 is 34.1 Å². The summed E-state index contributed by atoms with van der Waals surface area (Å²) in [6.45, 7) is 1.86. The molecule has 2 atom stereocenters. The largest absolute Gasteiger partial charge is 0.492 e. The molecule has 1 saturated heterocycles. The van der Waals surface area contributed by atoms with Gasteiger partial charge in [0.1, 0.15) is 23.7 Å². The van der Waals surface area contributed by atoms with Crippen molar-refractivity contribution >= 4 is 52.6 Å². The Kier molecular flexibility index (Phi) is 9.13. The topological polar surface area (TPSA) is 180 Å². The highest BCUT2D eigenvalue weighted by atomic mass is 35.5. The fourth-order valence-corrected chi connectivity index (χ4v) is 5.48. The van der Waals surface area contributed by atoms with Gasteiger partial charge in [0.2, 0.25) is 5.95 Å². The van der Waals surface area contributed by atoms with Gasteiger partial charge in [-0.05, 0) is 43.1 Å². The van der Waals surface area contributed by atoms with Crippen LogP contribution >= 0.6 is 11.6 Å². The lowest BCUT2D eigenvalue weighted by atomic mass is 9.92. The molecular formula is C27H32ClN5O7. The van der Waals surface area contributed by atoms with Crippen LogP contribution in [0.2, 0.25) is 5.02 Å². The number of piperidine rings is 1. The number of aldehydes is 1. The fraction of sp³-hybridized carbons (Fsp3) is 0.407. The number of amides is 1. The molecule has 0 radical (unpaired) electrons. The van der Waals surface area contributed by atoms with Gasteiger partial charge < -0.3 is 35.2 Å². The van der Waals surface area contributed by atoms with Gasteiger partial charge in [-0.3, -0.25) is 10.2 Å². The van der Waals surface area contributed by atoms with Crippen molar-refractivity contribution in [2.75, 3.05) is 37.9 Å². The van der Waals surface area contributed by atoms with Crippen LogP contribution in [0, 0.1) is 0 Å². The molecule has 2 aromatic carbocycles. The number of ether oxygens (including phenoxy) is 3. The summed E-state index contributed by atoms with van der Waals surface area (Å²) in [7, 11) is 1.28. The van der Waals surface area contributed by atoms with Crippen molar-refractivity contribution in [1.29, 1.82) is 0 Å². The number of likely N-dealkylation sites (tertiary alicyclic amines) is 1. The van der Waals surface area contributed by atoms with E-state index >= 15 is 0 Å². The van der Waals surface area contributed by atoms with E-state index in [9.17, 15) is 14.4 Å². The summed E-state index contributed by atoms with van der Waals surface area (Å²) in [5, 5.41) is 2.84. The number of aromatic amines is 1. The van der Waals surface area contributed by atoms with Gasteiger partial charge in [0.25, 0.3) is 0 Å². The van der Waals surface area contributed by atoms with Gasteiger partial charge >= 0.3 is 12.1 Å². The highest BCUT2D eigenvalue weighted by Gasteiger charge is 2.33. The smallest absolute Gasteiger partial charge is 0.413 e. The van der Waals surface area contributed by atoms with Gasteiger partial charge in [-0.1, -0.05) is 17.7 Å². The van der Waals surface area contributed by atoms with Crippen LogP contribution in [0.15, 0.2) is 24.3 Å². The molecule has 1 amide bonds. The summed E-state index contributed by atoms with van der Waals surface area (Å²) in [5.41, 5.74) is 9.98. The van der Waals surface area contributed by atoms with E-state index in [1.807, 2.05) is 18.2 Å². The number of fused-ring (bicyclic) bond motifs is 2. The number of aromatic nitrogens is 2. The van der Waals surface area contributed by atoms with E-state index in [0.717, 1.165) is 35.9 Å². The molecule has 0 bridgehead atoms. The third kappa shape index (κ3) is 5.98. The van der Waals surface area contributed by atoms with E-state index in [0.29, 0.717) is 60.8 Å². The lowest BCUT2D eigenvalue weighted by Crippen LogP contribution is -2.41. The molecule has 3 heterocycles. The predicted octanol–water partition coefficient (Wildman–Crippen LogP) is 3.43. The third-order valence-electron chi connectivity index (χ3n) is 7.19. The van der Waals surface area contributed by atoms with Crippen LogP contribution in [-0.4, -0.2) is 71.6 Å². The number of esters is 1. The number of unbranched alkanes of at least 4 members (excludes halogenated alkanes) is 1. The molecule has 2 aliphatic heterocycles. The fourth-order valence-electron chi connectivity index (χ4n) is 5.26. The number of rotatable bonds is 8. The second-order valence-corrected chi connectivity index (χ2v) is 10.0. The number of benzene rings is 2. The number of imidazole rings is 1. The molecule has 12 nitrogen and oxygen atoms in total. The van der Waals surface area contributed by atoms with E-state index in [1.54, 1.807) is 0 Å². The monoisotopic (exact) mass is 573 g/mol. The Morgan fingerprint density at radius 3 is 2.95 bits per heavy atom. The quantitative estimate of drug-likeness (QED) is 0.157. The molecule has 13 heteroatoms. The summed E-state index contributed by atoms with van der Waals surface area (Å²) < 4.78 is 16.3. The predicted molar refractivity (Wildman–Crippen MR) is 149 cm³/mol. The number of H-pyrrole nitrogens is 1. The van der Waals surface area contributed by atoms with Crippen LogP contribution in [0.1, 0.15) is 53.2 Å². The Morgan fingerprint density at radius 1 is 1.35 bits per heavy atom. The van der Waals surface area contributed by atoms with E-state index < -0.39 is 12.1 Å². The molecule has 2 aliphatic rings. The Bertz CT molecular complexity index is 1410. The van der Waals surface area contributed by atoms with E-state index in [4.69, 9.17) is 26.8 Å². The van der Waals surface area contributed by atoms with Crippen molar-refractivity contribution in [2.45, 2.75) is 44.2 Å². The van der Waals surface area contributed by atoms with Gasteiger partial charge in [-0.15, -0.1) is 0 Å². The Morgan fingerprint density at radius 2 is 2.17 bits per heavy atom. The van der Waals surface area contributed by atoms with Crippen LogP contribution < -0.4 is 15.8 Å². The van der Waals surface area contributed by atoms with Gasteiger partial charge in [-0.2, -0.15) is 0 Å². The average molecular weight is 574 g/mol. The van der Waals surface area contributed by atoms with Crippen LogP contribution in [-0.2, 0) is 20.7 Å². The van der Waals surface area contributed by atoms with E-state index in [-0.39, 0.29) is 29.1 Å². The number of nitrogens with two attached hydrogens (primary N) is 1. The molecule has 5 rings (SSSR count). The van der Waals surface area contributed by atoms with E-state index in [1.165, 1.54) is 13.2 Å². The Balaban J connectivity index is 0.00000370. The molecule has 0 aliphatic carbocycles. The van der Waals surface area contributed by atoms with Gasteiger partial charge in [-0.25, -0.2) is 14.6 Å². The van der Waals surface area contributed by atoms with Crippen molar-refractivity contribution in [1.82, 2.24) is 14.9 Å². The zero-order valence-electron chi connectivity index (χ0n) is 22.0. The van der Waals surface area contributed by atoms with Gasteiger partial charge in [0, 0.05) is 37.4 Å². The van der Waals surface area contributed by atoms with Crippen LogP contribution in [0.3, 0.4) is 0 Å². The highest BCUT2D eigenvalue weighted by molar-refractivity contribution is 6.33. The first-order chi connectivity index (χ1) is 18.9. The van der Waals surface area contributed by atoms with Crippen LogP contribution in [0.25, 0.3) is 11.0 Å². The molecule has 40 heavy (non-hydrogen) atoms. The molecule has 6 N–H and O–H groups in total. The first-order valence-electron chi connectivity index (χ1n) is 12.8. The number of anilines is 2. The first-order valence-corrected chi connectivity index (χ1v) is 13.2. The van der Waals surface area contributed by atoms with Crippen molar-refractivity contribution in [3.63, 3.8) is 0 Å². The van der Waals surface area contributed by atoms with Crippen LogP contribution in [0.4, 0.5) is 16.4 Å². The number of methoxy groups -OCH3 is 1. The number of nitrogen functional groups attached to an aromatic ring is 1. The molecular weight excluding hydrogens is 542 g/mol. The maximum atomic E-state index is 13.3. The Labute approximate surface area is 235 Å². The summed E-state index contributed by atoms with van der Waals surface area (Å²) in [5.74, 6) is 0.241. The number of carbonyl (C=O) groups excluding carboxylic acids is 3. The highest BCUT2D eigenvalue weighted by Crippen LogP contribution is 2.40. The standard InChI is InChI=1S/C27H30ClN5O6.H2O/c1-37-27(36)32-26-30-20-5-4-15(12-21(20)31-26)22-13-16(6-9-33(22)8-2-3-10-34)39-25(35)18-14-19(28)23(29)17-7-11-38-24(17)18;/h4-5,10,12,14,16,22H,2-3,6-9,11,13,29H2,1H3,(H2,30,31,32,36);1H2. The van der Waals surface area contributed by atoms with Gasteiger partial charge in [0.05, 0.1) is 35.5 Å². The average Bonchev–Trinajstić information content (AvgIpc) is 3.58. The minimum absolute atomic E-state index is 0. The number of hydrogen-bond donors (Lipinski definition) is 3. The summed E-state index contributed by atoms with van der Waals surface area (Å²) in [6.07, 6.45) is 2.98. The second-order valence-electron chi connectivity index (χ2n) is 9.62.